The minimum atomic E-state index is -0.984. The van der Waals surface area contributed by atoms with Gasteiger partial charge in [0.25, 0.3) is 0 Å². The van der Waals surface area contributed by atoms with Crippen molar-refractivity contribution in [3.63, 3.8) is 0 Å². The second-order valence-electron chi connectivity index (χ2n) is 3.99. The van der Waals surface area contributed by atoms with Crippen LogP contribution in [-0.4, -0.2) is 26.3 Å². The van der Waals surface area contributed by atoms with E-state index in [2.05, 4.69) is 52.6 Å². The topological polar surface area (TPSA) is 81.8 Å². The Morgan fingerprint density at radius 2 is 2.11 bits per heavy atom. The van der Waals surface area contributed by atoms with Gasteiger partial charge in [-0.15, -0.1) is 0 Å². The van der Waals surface area contributed by atoms with Gasteiger partial charge in [-0.25, -0.2) is 4.79 Å². The van der Waals surface area contributed by atoms with Crippen LogP contribution in [0.1, 0.15) is 23.0 Å². The van der Waals surface area contributed by atoms with E-state index in [1.165, 1.54) is 28.7 Å². The summed E-state index contributed by atoms with van der Waals surface area (Å²) in [5, 5.41) is 15.3. The number of carbonyl (C=O) groups is 1. The molecule has 3 N–H and O–H groups in total. The number of aromatic amines is 2. The summed E-state index contributed by atoms with van der Waals surface area (Å²) in [6.45, 7) is 2.18. The van der Waals surface area contributed by atoms with Crippen molar-refractivity contribution < 1.29 is 9.90 Å². The number of fused-ring (bicyclic) bond motifs is 1. The van der Waals surface area contributed by atoms with Crippen molar-refractivity contribution in [1.82, 2.24) is 15.2 Å². The number of aromatic nitrogens is 3. The van der Waals surface area contributed by atoms with Crippen molar-refractivity contribution in [1.29, 1.82) is 0 Å². The van der Waals surface area contributed by atoms with Crippen LogP contribution in [0.5, 0.6) is 0 Å². The SMILES string of the molecule is CCc1c[nH]c2ccccc12.O=C(O)c1ccn[nH]1. The second kappa shape index (κ2) is 5.86. The molecule has 5 heteroatoms. The fraction of sp³-hybridized carbons (Fsp3) is 0.143. The minimum Gasteiger partial charge on any atom is -0.477 e. The number of hydrogen-bond donors (Lipinski definition) is 3. The molecule has 2 heterocycles. The van der Waals surface area contributed by atoms with Crippen LogP contribution in [-0.2, 0) is 6.42 Å². The zero-order chi connectivity index (χ0) is 13.7. The van der Waals surface area contributed by atoms with Gasteiger partial charge >= 0.3 is 5.97 Å². The molecule has 1 aromatic carbocycles. The summed E-state index contributed by atoms with van der Waals surface area (Å²) in [5.74, 6) is -0.984. The molecule has 0 atom stereocenters. The maximum absolute atomic E-state index is 9.99. The fourth-order valence-electron chi connectivity index (χ4n) is 1.80. The van der Waals surface area contributed by atoms with Crippen molar-refractivity contribution in [3.8, 4) is 0 Å². The Labute approximate surface area is 110 Å². The molecule has 0 aliphatic heterocycles. The van der Waals surface area contributed by atoms with Gasteiger partial charge in [0.2, 0.25) is 0 Å². The van der Waals surface area contributed by atoms with Gasteiger partial charge in [0, 0.05) is 23.3 Å². The summed E-state index contributed by atoms with van der Waals surface area (Å²) < 4.78 is 0. The molecule has 98 valence electrons. The molecule has 0 bridgehead atoms. The van der Waals surface area contributed by atoms with E-state index in [9.17, 15) is 4.79 Å². The Kier molecular flexibility index (Phi) is 3.97. The Bertz CT molecular complexity index is 656. The van der Waals surface area contributed by atoms with Crippen LogP contribution < -0.4 is 0 Å². The van der Waals surface area contributed by atoms with E-state index in [4.69, 9.17) is 5.11 Å². The lowest BCUT2D eigenvalue weighted by Crippen LogP contribution is -1.95. The number of H-pyrrole nitrogens is 2. The predicted octanol–water partition coefficient (Wildman–Crippen LogP) is 2.84. The first-order valence-corrected chi connectivity index (χ1v) is 6.00. The molecule has 0 amide bonds. The average Bonchev–Trinajstić information content (AvgIpc) is 3.09. The highest BCUT2D eigenvalue weighted by atomic mass is 16.4. The molecule has 0 unspecified atom stereocenters. The van der Waals surface area contributed by atoms with Gasteiger partial charge in [-0.3, -0.25) is 5.10 Å². The third-order valence-electron chi connectivity index (χ3n) is 2.79. The number of carboxylic acids is 1. The van der Waals surface area contributed by atoms with Gasteiger partial charge in [0.1, 0.15) is 5.69 Å². The number of nitrogens with zero attached hydrogens (tertiary/aromatic N) is 1. The molecule has 5 nitrogen and oxygen atoms in total. The van der Waals surface area contributed by atoms with Crippen molar-refractivity contribution in [2.24, 2.45) is 0 Å². The van der Waals surface area contributed by atoms with Gasteiger partial charge < -0.3 is 10.1 Å². The van der Waals surface area contributed by atoms with Crippen molar-refractivity contribution in [2.45, 2.75) is 13.3 Å². The molecule has 0 aliphatic carbocycles. The Morgan fingerprint density at radius 1 is 1.32 bits per heavy atom. The van der Waals surface area contributed by atoms with Crippen molar-refractivity contribution in [3.05, 3.63) is 54.0 Å². The van der Waals surface area contributed by atoms with Crippen LogP contribution in [0.25, 0.3) is 10.9 Å². The van der Waals surface area contributed by atoms with Gasteiger partial charge in [0.05, 0.1) is 0 Å². The number of benzene rings is 1. The molecular weight excluding hydrogens is 242 g/mol. The van der Waals surface area contributed by atoms with E-state index in [1.807, 2.05) is 0 Å². The average molecular weight is 257 g/mol. The summed E-state index contributed by atoms with van der Waals surface area (Å²) in [4.78, 5) is 13.2. The van der Waals surface area contributed by atoms with Crippen molar-refractivity contribution >= 4 is 16.9 Å². The lowest BCUT2D eigenvalue weighted by Gasteiger charge is -1.90. The Hall–Kier alpha value is -2.56. The normalized spacial score (nSPS) is 9.95. The van der Waals surface area contributed by atoms with Gasteiger partial charge in [-0.1, -0.05) is 25.1 Å². The van der Waals surface area contributed by atoms with Crippen LogP contribution in [0, 0.1) is 0 Å². The summed E-state index contributed by atoms with van der Waals surface area (Å²) in [7, 11) is 0. The Morgan fingerprint density at radius 3 is 2.68 bits per heavy atom. The van der Waals surface area contributed by atoms with E-state index >= 15 is 0 Å². The largest absolute Gasteiger partial charge is 0.477 e. The van der Waals surface area contributed by atoms with Crippen LogP contribution in [0.15, 0.2) is 42.7 Å². The standard InChI is InChI=1S/C10H11N.C4H4N2O2/c1-2-8-7-11-10-6-4-3-5-9(8)10;7-4(8)3-1-2-5-6-3/h3-7,11H,2H2,1H3;1-2H,(H,5,6)(H,7,8). The maximum atomic E-state index is 9.99. The van der Waals surface area contributed by atoms with Crippen LogP contribution >= 0.6 is 0 Å². The molecule has 0 spiro atoms. The van der Waals surface area contributed by atoms with Gasteiger partial charge in [-0.2, -0.15) is 5.10 Å². The molecule has 0 fully saturated rings. The number of rotatable bonds is 2. The number of aromatic carboxylic acids is 1. The lowest BCUT2D eigenvalue weighted by molar-refractivity contribution is 0.0690. The number of hydrogen-bond acceptors (Lipinski definition) is 2. The molecule has 2 aromatic heterocycles. The monoisotopic (exact) mass is 257 g/mol. The first-order chi connectivity index (χ1) is 9.22. The quantitative estimate of drug-likeness (QED) is 0.660. The molecule has 0 saturated carbocycles. The number of carboxylic acid groups (broad SMARTS) is 1. The fourth-order valence-corrected chi connectivity index (χ4v) is 1.80. The smallest absolute Gasteiger partial charge is 0.353 e. The van der Waals surface area contributed by atoms with Crippen LogP contribution in [0.3, 0.4) is 0 Å². The molecule has 19 heavy (non-hydrogen) atoms. The van der Waals surface area contributed by atoms with Crippen LogP contribution in [0.4, 0.5) is 0 Å². The Balaban J connectivity index is 0.000000148. The molecule has 3 aromatic rings. The molecule has 0 aliphatic rings. The number of nitrogens with one attached hydrogen (secondary N) is 2. The zero-order valence-corrected chi connectivity index (χ0v) is 10.6. The van der Waals surface area contributed by atoms with E-state index in [-0.39, 0.29) is 5.69 Å². The number of para-hydroxylation sites is 1. The van der Waals surface area contributed by atoms with Crippen molar-refractivity contribution in [2.75, 3.05) is 0 Å². The van der Waals surface area contributed by atoms with Gasteiger partial charge in [-0.05, 0) is 24.1 Å². The third kappa shape index (κ3) is 3.01. The van der Waals surface area contributed by atoms with Gasteiger partial charge in [0.15, 0.2) is 0 Å². The number of aryl methyl sites for hydroxylation is 1. The highest BCUT2D eigenvalue weighted by Crippen LogP contribution is 2.17. The summed E-state index contributed by atoms with van der Waals surface area (Å²) in [6, 6.07) is 9.79. The summed E-state index contributed by atoms with van der Waals surface area (Å²) in [5.41, 5.74) is 2.76. The molecule has 0 saturated heterocycles. The molecule has 0 radical (unpaired) electrons. The molecule has 3 rings (SSSR count). The zero-order valence-electron chi connectivity index (χ0n) is 10.6. The summed E-state index contributed by atoms with van der Waals surface area (Å²) >= 11 is 0. The first-order valence-electron chi connectivity index (χ1n) is 6.00. The first kappa shape index (κ1) is 12.9. The minimum absolute atomic E-state index is 0.116. The molecular formula is C14H15N3O2. The maximum Gasteiger partial charge on any atom is 0.353 e. The van der Waals surface area contributed by atoms with Crippen LogP contribution in [0.2, 0.25) is 0 Å². The van der Waals surface area contributed by atoms with E-state index in [0.717, 1.165) is 6.42 Å². The highest BCUT2D eigenvalue weighted by molar-refractivity contribution is 5.85. The van der Waals surface area contributed by atoms with E-state index in [0.29, 0.717) is 0 Å². The lowest BCUT2D eigenvalue weighted by atomic mass is 10.1. The predicted molar refractivity (Wildman–Crippen MR) is 73.2 cm³/mol. The van der Waals surface area contributed by atoms with E-state index in [1.54, 1.807) is 0 Å². The summed E-state index contributed by atoms with van der Waals surface area (Å²) in [6.07, 6.45) is 4.58. The highest BCUT2D eigenvalue weighted by Gasteiger charge is 1.99. The van der Waals surface area contributed by atoms with E-state index < -0.39 is 5.97 Å². The third-order valence-corrected chi connectivity index (χ3v) is 2.79. The second-order valence-corrected chi connectivity index (χ2v) is 3.99.